The van der Waals surface area contributed by atoms with Gasteiger partial charge in [0.1, 0.15) is 0 Å². The van der Waals surface area contributed by atoms with E-state index in [0.717, 1.165) is 24.2 Å². The number of nitrogens with one attached hydrogen (secondary N) is 1. The van der Waals surface area contributed by atoms with Crippen LogP contribution in [0.3, 0.4) is 0 Å². The highest BCUT2D eigenvalue weighted by Gasteiger charge is 2.30. The van der Waals surface area contributed by atoms with Crippen molar-refractivity contribution in [3.05, 3.63) is 62.8 Å². The van der Waals surface area contributed by atoms with Crippen molar-refractivity contribution in [1.29, 1.82) is 0 Å². The zero-order chi connectivity index (χ0) is 23.0. The molecule has 0 saturated heterocycles. The largest absolute Gasteiger partial charge is 0.449 e. The number of aromatic nitrogens is 2. The van der Waals surface area contributed by atoms with Gasteiger partial charge in [-0.15, -0.1) is 11.3 Å². The Hall–Kier alpha value is -3.53. The van der Waals surface area contributed by atoms with E-state index in [1.807, 2.05) is 13.8 Å². The number of anilines is 1. The molecule has 0 radical (unpaired) electrons. The Morgan fingerprint density at radius 2 is 2.06 bits per heavy atom. The van der Waals surface area contributed by atoms with E-state index in [1.165, 1.54) is 30.4 Å². The minimum atomic E-state index is -1.02. The second-order valence-corrected chi connectivity index (χ2v) is 8.63. The summed E-state index contributed by atoms with van der Waals surface area (Å²) in [6, 6.07) is 8.35. The van der Waals surface area contributed by atoms with E-state index in [-0.39, 0.29) is 5.69 Å². The molecule has 166 valence electrons. The minimum Gasteiger partial charge on any atom is -0.449 e. The van der Waals surface area contributed by atoms with Crippen LogP contribution in [0.5, 0.6) is 0 Å². The Labute approximate surface area is 188 Å². The van der Waals surface area contributed by atoms with Gasteiger partial charge in [0, 0.05) is 40.5 Å². The van der Waals surface area contributed by atoms with E-state index in [4.69, 9.17) is 4.74 Å². The molecule has 1 fully saturated rings. The van der Waals surface area contributed by atoms with E-state index in [1.54, 1.807) is 23.6 Å². The Kier molecular flexibility index (Phi) is 5.79. The van der Waals surface area contributed by atoms with Crippen molar-refractivity contribution < 1.29 is 19.2 Å². The summed E-state index contributed by atoms with van der Waals surface area (Å²) in [5, 5.41) is 15.6. The maximum atomic E-state index is 12.6. The number of thiazole rings is 1. The Morgan fingerprint density at radius 1 is 1.31 bits per heavy atom. The highest BCUT2D eigenvalue weighted by molar-refractivity contribution is 7.14. The number of rotatable bonds is 7. The number of aryl methyl sites for hydroxylation is 1. The van der Waals surface area contributed by atoms with Gasteiger partial charge in [0.05, 0.1) is 16.2 Å². The fourth-order valence-electron chi connectivity index (χ4n) is 3.61. The van der Waals surface area contributed by atoms with Crippen molar-refractivity contribution in [2.75, 3.05) is 5.32 Å². The van der Waals surface area contributed by atoms with Gasteiger partial charge in [-0.05, 0) is 39.7 Å². The van der Waals surface area contributed by atoms with E-state index < -0.39 is 22.9 Å². The first-order valence-electron chi connectivity index (χ1n) is 10.1. The summed E-state index contributed by atoms with van der Waals surface area (Å²) in [5.41, 5.74) is 3.36. The van der Waals surface area contributed by atoms with Crippen molar-refractivity contribution in [3.63, 3.8) is 0 Å². The third kappa shape index (κ3) is 4.40. The first-order chi connectivity index (χ1) is 15.2. The predicted molar refractivity (Wildman–Crippen MR) is 120 cm³/mol. The van der Waals surface area contributed by atoms with Crippen molar-refractivity contribution in [3.8, 4) is 11.3 Å². The molecule has 0 spiro atoms. The number of ether oxygens (including phenoxy) is 1. The van der Waals surface area contributed by atoms with Crippen LogP contribution in [0, 0.1) is 24.0 Å². The number of hydrogen-bond donors (Lipinski definition) is 1. The van der Waals surface area contributed by atoms with Gasteiger partial charge in [0.25, 0.3) is 11.6 Å². The number of non-ortho nitro benzene ring substituents is 1. The maximum absolute atomic E-state index is 12.6. The number of carbonyl (C=O) groups excluding carboxylic acids is 2. The van der Waals surface area contributed by atoms with Crippen molar-refractivity contribution in [2.45, 2.75) is 45.8 Å². The molecule has 1 atom stereocenters. The zero-order valence-corrected chi connectivity index (χ0v) is 18.6. The summed E-state index contributed by atoms with van der Waals surface area (Å²) in [6.45, 7) is 5.35. The Morgan fingerprint density at radius 3 is 2.75 bits per heavy atom. The lowest BCUT2D eigenvalue weighted by Gasteiger charge is -2.13. The third-order valence-corrected chi connectivity index (χ3v) is 6.11. The number of nitrogens with zero attached hydrogens (tertiary/aromatic N) is 3. The zero-order valence-electron chi connectivity index (χ0n) is 17.8. The Balaban J connectivity index is 1.40. The van der Waals surface area contributed by atoms with Gasteiger partial charge in [-0.25, -0.2) is 9.78 Å². The highest BCUT2D eigenvalue weighted by atomic mass is 32.1. The molecule has 1 aliphatic rings. The molecule has 1 unspecified atom stereocenters. The fraction of sp³-hybridized carbons (Fsp3) is 0.318. The quantitative estimate of drug-likeness (QED) is 0.315. The van der Waals surface area contributed by atoms with E-state index in [2.05, 4.69) is 14.9 Å². The standard InChI is InChI=1S/C22H22N4O5S/c1-12-9-18(13(2)25(12)16-7-8-16)21(28)31-14(3)20(27)24-22-23-19(11-32-22)15-5-4-6-17(10-15)26(29)30/h4-6,9-11,14,16H,7-8H2,1-3H3,(H,23,24,27). The molecule has 2 aromatic heterocycles. The summed E-state index contributed by atoms with van der Waals surface area (Å²) >= 11 is 1.18. The van der Waals surface area contributed by atoms with Crippen LogP contribution in [0.1, 0.15) is 47.6 Å². The molecule has 1 amide bonds. The first kappa shape index (κ1) is 21.7. The van der Waals surface area contributed by atoms with Crippen LogP contribution in [0.25, 0.3) is 11.3 Å². The van der Waals surface area contributed by atoms with Crippen LogP contribution in [0.15, 0.2) is 35.7 Å². The molecule has 1 saturated carbocycles. The summed E-state index contributed by atoms with van der Waals surface area (Å²) in [6.07, 6.45) is 1.20. The van der Waals surface area contributed by atoms with Crippen LogP contribution in [0.2, 0.25) is 0 Å². The Bertz CT molecular complexity index is 1210. The second-order valence-electron chi connectivity index (χ2n) is 7.77. The monoisotopic (exact) mass is 454 g/mol. The van der Waals surface area contributed by atoms with Gasteiger partial charge in [0.2, 0.25) is 0 Å². The van der Waals surface area contributed by atoms with Gasteiger partial charge in [-0.3, -0.25) is 20.2 Å². The molecule has 0 bridgehead atoms. The number of carbonyl (C=O) groups is 2. The maximum Gasteiger partial charge on any atom is 0.340 e. The molecule has 1 aliphatic carbocycles. The summed E-state index contributed by atoms with van der Waals surface area (Å²) in [4.78, 5) is 40.0. The number of hydrogen-bond acceptors (Lipinski definition) is 7. The fourth-order valence-corrected chi connectivity index (χ4v) is 4.33. The smallest absolute Gasteiger partial charge is 0.340 e. The number of esters is 1. The van der Waals surface area contributed by atoms with Crippen LogP contribution in [0.4, 0.5) is 10.8 Å². The lowest BCUT2D eigenvalue weighted by Crippen LogP contribution is -2.30. The van der Waals surface area contributed by atoms with Crippen LogP contribution >= 0.6 is 11.3 Å². The summed E-state index contributed by atoms with van der Waals surface area (Å²) in [7, 11) is 0. The third-order valence-electron chi connectivity index (χ3n) is 5.36. The van der Waals surface area contributed by atoms with Gasteiger partial charge in [-0.1, -0.05) is 12.1 Å². The van der Waals surface area contributed by atoms with Crippen LogP contribution < -0.4 is 5.32 Å². The molecule has 4 rings (SSSR count). The molecule has 1 N–H and O–H groups in total. The van der Waals surface area contributed by atoms with Gasteiger partial charge in [-0.2, -0.15) is 0 Å². The predicted octanol–water partition coefficient (Wildman–Crippen LogP) is 4.66. The SMILES string of the molecule is Cc1cc(C(=O)OC(C)C(=O)Nc2nc(-c3cccc([N+](=O)[O-])c3)cs2)c(C)n1C1CC1. The molecule has 32 heavy (non-hydrogen) atoms. The number of amides is 1. The van der Waals surface area contributed by atoms with E-state index in [0.29, 0.717) is 28.0 Å². The van der Waals surface area contributed by atoms with Gasteiger partial charge >= 0.3 is 5.97 Å². The summed E-state index contributed by atoms with van der Waals surface area (Å²) in [5.74, 6) is -1.04. The van der Waals surface area contributed by atoms with E-state index >= 15 is 0 Å². The summed E-state index contributed by atoms with van der Waals surface area (Å²) < 4.78 is 7.54. The van der Waals surface area contributed by atoms with Crippen molar-refractivity contribution >= 4 is 34.0 Å². The molecule has 2 heterocycles. The number of nitro benzene ring substituents is 1. The minimum absolute atomic E-state index is 0.0392. The first-order valence-corrected chi connectivity index (χ1v) is 11.0. The molecule has 10 heteroatoms. The molecule has 9 nitrogen and oxygen atoms in total. The topological polar surface area (TPSA) is 116 Å². The average molecular weight is 455 g/mol. The van der Waals surface area contributed by atoms with Crippen LogP contribution in [-0.2, 0) is 9.53 Å². The normalized spacial score (nSPS) is 14.1. The number of benzene rings is 1. The second kappa shape index (κ2) is 8.54. The van der Waals surface area contributed by atoms with Crippen molar-refractivity contribution in [1.82, 2.24) is 9.55 Å². The average Bonchev–Trinajstić information content (AvgIpc) is 3.39. The molecule has 1 aromatic carbocycles. The molecular weight excluding hydrogens is 432 g/mol. The lowest BCUT2D eigenvalue weighted by atomic mass is 10.1. The van der Waals surface area contributed by atoms with Gasteiger partial charge in [0.15, 0.2) is 11.2 Å². The molecular formula is C22H22N4O5S. The molecule has 0 aliphatic heterocycles. The lowest BCUT2D eigenvalue weighted by molar-refractivity contribution is -0.384. The van der Waals surface area contributed by atoms with Gasteiger partial charge < -0.3 is 9.30 Å². The van der Waals surface area contributed by atoms with E-state index in [9.17, 15) is 19.7 Å². The number of nitro groups is 1. The van der Waals surface area contributed by atoms with Crippen LogP contribution in [-0.4, -0.2) is 32.5 Å². The molecule has 3 aromatic rings. The van der Waals surface area contributed by atoms with Crippen molar-refractivity contribution in [2.24, 2.45) is 0 Å². The highest BCUT2D eigenvalue weighted by Crippen LogP contribution is 2.38.